The van der Waals surface area contributed by atoms with Crippen LogP contribution < -0.4 is 5.32 Å². The van der Waals surface area contributed by atoms with Crippen molar-refractivity contribution in [1.82, 2.24) is 10.2 Å². The number of hydrogen-bond donors (Lipinski definition) is 2. The number of carboxylic acid groups (broad SMARTS) is 1. The van der Waals surface area contributed by atoms with Crippen LogP contribution in [0.5, 0.6) is 0 Å². The molecule has 1 rings (SSSR count). The molecule has 6 nitrogen and oxygen atoms in total. The Morgan fingerprint density at radius 2 is 2.04 bits per heavy atom. The van der Waals surface area contributed by atoms with Crippen molar-refractivity contribution in [2.24, 2.45) is 0 Å². The van der Waals surface area contributed by atoms with Gasteiger partial charge in [-0.15, -0.1) is 0 Å². The van der Waals surface area contributed by atoms with Crippen molar-refractivity contribution >= 4 is 33.7 Å². The molecule has 0 aliphatic rings. The van der Waals surface area contributed by atoms with Gasteiger partial charge in [-0.3, -0.25) is 9.59 Å². The van der Waals surface area contributed by atoms with Gasteiger partial charge in [0.1, 0.15) is 11.9 Å². The Balaban J connectivity index is 2.82. The molecular formula is C15H18BrFN2O4. The van der Waals surface area contributed by atoms with Gasteiger partial charge in [0.15, 0.2) is 0 Å². The van der Waals surface area contributed by atoms with E-state index in [1.54, 1.807) is 6.07 Å². The number of nitrogens with one attached hydrogen (secondary N) is 1. The second kappa shape index (κ2) is 8.61. The van der Waals surface area contributed by atoms with E-state index in [1.807, 2.05) is 0 Å². The molecule has 126 valence electrons. The number of nitrogens with zero attached hydrogens (tertiary/aromatic N) is 1. The fourth-order valence-electron chi connectivity index (χ4n) is 1.95. The third kappa shape index (κ3) is 5.97. The number of carbonyl (C=O) groups excluding carboxylic acids is 2. The first kappa shape index (κ1) is 19.1. The molecule has 1 aromatic carbocycles. The van der Waals surface area contributed by atoms with Crippen LogP contribution in [0.25, 0.3) is 0 Å². The van der Waals surface area contributed by atoms with Crippen LogP contribution in [-0.4, -0.2) is 46.9 Å². The Labute approximate surface area is 141 Å². The Hall–Kier alpha value is -1.96. The monoisotopic (exact) mass is 388 g/mol. The zero-order chi connectivity index (χ0) is 17.6. The van der Waals surface area contributed by atoms with Crippen molar-refractivity contribution in [3.05, 3.63) is 34.1 Å². The summed E-state index contributed by atoms with van der Waals surface area (Å²) in [5.74, 6) is -2.36. The molecule has 0 heterocycles. The number of carboxylic acids is 1. The summed E-state index contributed by atoms with van der Waals surface area (Å²) in [5, 5.41) is 11.6. The molecule has 0 bridgehead atoms. The van der Waals surface area contributed by atoms with Gasteiger partial charge in [-0.25, -0.2) is 9.18 Å². The Bertz CT molecular complexity index is 609. The lowest BCUT2D eigenvalue weighted by Crippen LogP contribution is -2.47. The maximum atomic E-state index is 13.5. The summed E-state index contributed by atoms with van der Waals surface area (Å²) in [5.41, 5.74) is 0.442. The molecule has 1 unspecified atom stereocenters. The molecule has 2 N–H and O–H groups in total. The molecule has 0 aliphatic heterocycles. The summed E-state index contributed by atoms with van der Waals surface area (Å²) in [6, 6.07) is 3.25. The lowest BCUT2D eigenvalue weighted by atomic mass is 10.1. The maximum absolute atomic E-state index is 13.5. The number of halogens is 2. The average Bonchev–Trinajstić information content (AvgIpc) is 2.46. The number of benzene rings is 1. The van der Waals surface area contributed by atoms with Crippen molar-refractivity contribution in [3.8, 4) is 0 Å². The number of hydrogen-bond acceptors (Lipinski definition) is 3. The third-order valence-electron chi connectivity index (χ3n) is 3.21. The summed E-state index contributed by atoms with van der Waals surface area (Å²) in [6.45, 7) is 2.92. The molecule has 1 aromatic rings. The molecule has 0 aliphatic carbocycles. The lowest BCUT2D eigenvalue weighted by Gasteiger charge is -2.26. The van der Waals surface area contributed by atoms with Crippen molar-refractivity contribution in [3.63, 3.8) is 0 Å². The van der Waals surface area contributed by atoms with Crippen LogP contribution in [0.1, 0.15) is 19.4 Å². The van der Waals surface area contributed by atoms with Crippen molar-refractivity contribution in [2.75, 3.05) is 13.1 Å². The number of rotatable bonds is 7. The second-order valence-corrected chi connectivity index (χ2v) is 5.86. The van der Waals surface area contributed by atoms with Crippen LogP contribution in [0.2, 0.25) is 0 Å². The summed E-state index contributed by atoms with van der Waals surface area (Å²) in [7, 11) is 0. The van der Waals surface area contributed by atoms with Gasteiger partial charge in [-0.05, 0) is 40.5 Å². The first-order chi connectivity index (χ1) is 10.7. The van der Waals surface area contributed by atoms with Gasteiger partial charge in [0.25, 0.3) is 0 Å². The Morgan fingerprint density at radius 1 is 1.39 bits per heavy atom. The molecular weight excluding hydrogens is 371 g/mol. The van der Waals surface area contributed by atoms with E-state index >= 15 is 0 Å². The zero-order valence-corrected chi connectivity index (χ0v) is 14.4. The fourth-order valence-corrected chi connectivity index (χ4v) is 2.19. The fraction of sp³-hybridized carbons (Fsp3) is 0.400. The Kier molecular flexibility index (Phi) is 7.15. The van der Waals surface area contributed by atoms with Gasteiger partial charge in [0.2, 0.25) is 11.8 Å². The number of aliphatic carboxylic acids is 1. The molecule has 0 fully saturated rings. The molecule has 0 radical (unpaired) electrons. The molecule has 0 saturated heterocycles. The van der Waals surface area contributed by atoms with E-state index in [2.05, 4.69) is 21.2 Å². The minimum Gasteiger partial charge on any atom is -0.480 e. The minimum absolute atomic E-state index is 0.0604. The molecule has 0 aromatic heterocycles. The van der Waals surface area contributed by atoms with Crippen LogP contribution in [0.3, 0.4) is 0 Å². The molecule has 23 heavy (non-hydrogen) atoms. The first-order valence-electron chi connectivity index (χ1n) is 6.93. The highest BCUT2D eigenvalue weighted by atomic mass is 79.9. The van der Waals surface area contributed by atoms with Gasteiger partial charge in [0.05, 0.1) is 10.9 Å². The van der Waals surface area contributed by atoms with Crippen molar-refractivity contribution in [2.45, 2.75) is 26.3 Å². The van der Waals surface area contributed by atoms with Gasteiger partial charge in [-0.2, -0.15) is 0 Å². The van der Waals surface area contributed by atoms with Gasteiger partial charge < -0.3 is 15.3 Å². The highest BCUT2D eigenvalue weighted by Gasteiger charge is 2.25. The second-order valence-electron chi connectivity index (χ2n) is 5.01. The zero-order valence-electron chi connectivity index (χ0n) is 12.8. The number of amides is 2. The maximum Gasteiger partial charge on any atom is 0.326 e. The largest absolute Gasteiger partial charge is 0.480 e. The van der Waals surface area contributed by atoms with Crippen molar-refractivity contribution in [1.29, 1.82) is 0 Å². The minimum atomic E-state index is -1.15. The van der Waals surface area contributed by atoms with E-state index in [0.29, 0.717) is 5.56 Å². The van der Waals surface area contributed by atoms with Crippen molar-refractivity contribution < 1.29 is 23.9 Å². The topological polar surface area (TPSA) is 86.7 Å². The van der Waals surface area contributed by atoms with Gasteiger partial charge >= 0.3 is 5.97 Å². The molecule has 2 amide bonds. The van der Waals surface area contributed by atoms with E-state index in [1.165, 1.54) is 26.0 Å². The van der Waals surface area contributed by atoms with Gasteiger partial charge in [0, 0.05) is 20.0 Å². The molecule has 8 heteroatoms. The molecule has 0 spiro atoms. The standard InChI is InChI=1S/C15H18BrFN2O4/c1-9(15(22)23)19(6-5-18-10(2)20)14(21)8-11-3-4-12(16)13(17)7-11/h3-4,7,9H,5-6,8H2,1-2H3,(H,18,20)(H,22,23). The normalized spacial score (nSPS) is 11.7. The summed E-state index contributed by atoms with van der Waals surface area (Å²) < 4.78 is 13.8. The Morgan fingerprint density at radius 3 is 2.57 bits per heavy atom. The smallest absolute Gasteiger partial charge is 0.326 e. The van der Waals surface area contributed by atoms with Crippen LogP contribution in [0.15, 0.2) is 22.7 Å². The van der Waals surface area contributed by atoms with E-state index < -0.39 is 23.7 Å². The lowest BCUT2D eigenvalue weighted by molar-refractivity contribution is -0.149. The highest BCUT2D eigenvalue weighted by molar-refractivity contribution is 9.10. The highest BCUT2D eigenvalue weighted by Crippen LogP contribution is 2.17. The predicted molar refractivity (Wildman–Crippen MR) is 85.3 cm³/mol. The SMILES string of the molecule is CC(=O)NCCN(C(=O)Cc1ccc(Br)c(F)c1)C(C)C(=O)O. The van der Waals surface area contributed by atoms with Crippen LogP contribution in [0.4, 0.5) is 4.39 Å². The van der Waals surface area contributed by atoms with Crippen LogP contribution in [-0.2, 0) is 20.8 Å². The van der Waals surface area contributed by atoms with E-state index in [9.17, 15) is 18.8 Å². The quantitative estimate of drug-likeness (QED) is 0.741. The number of carbonyl (C=O) groups is 3. The summed E-state index contributed by atoms with van der Waals surface area (Å²) in [6.07, 6.45) is -0.123. The van der Waals surface area contributed by atoms with Crippen LogP contribution >= 0.6 is 15.9 Å². The third-order valence-corrected chi connectivity index (χ3v) is 3.85. The average molecular weight is 389 g/mol. The van der Waals surface area contributed by atoms with Gasteiger partial charge in [-0.1, -0.05) is 6.07 Å². The first-order valence-corrected chi connectivity index (χ1v) is 7.72. The molecule has 0 saturated carbocycles. The summed E-state index contributed by atoms with van der Waals surface area (Å²) >= 11 is 3.03. The van der Waals surface area contributed by atoms with E-state index in [4.69, 9.17) is 5.11 Å². The van der Waals surface area contributed by atoms with Crippen LogP contribution in [0, 0.1) is 5.82 Å². The van der Waals surface area contributed by atoms with E-state index in [0.717, 1.165) is 4.90 Å². The summed E-state index contributed by atoms with van der Waals surface area (Å²) in [4.78, 5) is 35.5. The predicted octanol–water partition coefficient (Wildman–Crippen LogP) is 1.57. The van der Waals surface area contributed by atoms with E-state index in [-0.39, 0.29) is 29.9 Å². The molecule has 1 atom stereocenters.